The van der Waals surface area contributed by atoms with Gasteiger partial charge in [0.25, 0.3) is 0 Å². The summed E-state index contributed by atoms with van der Waals surface area (Å²) in [6.07, 6.45) is 0. The van der Waals surface area contributed by atoms with Crippen molar-refractivity contribution < 1.29 is 0 Å². The number of imidazole rings is 1. The average molecular weight is 692 g/mol. The number of nitrogens with zero attached hydrogens (tertiary/aromatic N) is 3. The van der Waals surface area contributed by atoms with Crippen LogP contribution in [0, 0.1) is 0 Å². The van der Waals surface area contributed by atoms with Crippen LogP contribution in [0.4, 0.5) is 0 Å². The van der Waals surface area contributed by atoms with Crippen LogP contribution in [0.3, 0.4) is 0 Å². The van der Waals surface area contributed by atoms with E-state index in [1.807, 2.05) is 13.8 Å². The fourth-order valence-electron chi connectivity index (χ4n) is 8.39. The third kappa shape index (κ3) is 4.86. The summed E-state index contributed by atoms with van der Waals surface area (Å²) in [6.45, 7) is 4.00. The standard InChI is InChI=1S/C49H31N3.C2H6/c1-2-17-35(18-3-1)51-45-27-11-10-23-40(45)44-31-34(28-29-46(44)51)33-16-12-19-36(30-33)52-48-42-25-9-7-22-39(42)38-21-6-8-24-41(38)47(48)50-49(52)43-26-13-15-32-14-4-5-20-37(32)43;1-2/h1-31H;1-2H3. The summed E-state index contributed by atoms with van der Waals surface area (Å²) in [5.74, 6) is 0.937. The monoisotopic (exact) mass is 691 g/mol. The third-order valence-electron chi connectivity index (χ3n) is 10.7. The summed E-state index contributed by atoms with van der Waals surface area (Å²) in [7, 11) is 0. The van der Waals surface area contributed by atoms with E-state index in [0.29, 0.717) is 0 Å². The first-order valence-electron chi connectivity index (χ1n) is 18.8. The molecule has 2 aromatic heterocycles. The topological polar surface area (TPSA) is 22.8 Å². The molecule has 0 aliphatic carbocycles. The maximum Gasteiger partial charge on any atom is 0.146 e. The van der Waals surface area contributed by atoms with Crippen molar-refractivity contribution in [3.05, 3.63) is 188 Å². The smallest absolute Gasteiger partial charge is 0.146 e. The van der Waals surface area contributed by atoms with E-state index in [-0.39, 0.29) is 0 Å². The van der Waals surface area contributed by atoms with Gasteiger partial charge in [-0.3, -0.25) is 4.57 Å². The van der Waals surface area contributed by atoms with Gasteiger partial charge in [-0.2, -0.15) is 0 Å². The molecule has 0 fully saturated rings. The molecule has 11 rings (SSSR count). The van der Waals surface area contributed by atoms with Gasteiger partial charge in [0.2, 0.25) is 0 Å². The highest BCUT2D eigenvalue weighted by atomic mass is 15.1. The minimum Gasteiger partial charge on any atom is -0.309 e. The highest BCUT2D eigenvalue weighted by Gasteiger charge is 2.22. The summed E-state index contributed by atoms with van der Waals surface area (Å²) in [5.41, 5.74) is 10.2. The van der Waals surface area contributed by atoms with Crippen molar-refractivity contribution >= 4 is 65.2 Å². The first-order chi connectivity index (χ1) is 26.8. The summed E-state index contributed by atoms with van der Waals surface area (Å²) in [4.78, 5) is 5.56. The first kappa shape index (κ1) is 31.7. The molecule has 2 heterocycles. The minimum atomic E-state index is 0.937. The molecule has 0 atom stereocenters. The Balaban J connectivity index is 0.00000178. The van der Waals surface area contributed by atoms with E-state index < -0.39 is 0 Å². The quantitative estimate of drug-likeness (QED) is 0.168. The number of rotatable bonds is 4. The molecular formula is C51H37N3. The summed E-state index contributed by atoms with van der Waals surface area (Å²) < 4.78 is 4.77. The third-order valence-corrected chi connectivity index (χ3v) is 10.7. The summed E-state index contributed by atoms with van der Waals surface area (Å²) in [6, 6.07) is 67.8. The van der Waals surface area contributed by atoms with Gasteiger partial charge in [0.1, 0.15) is 5.82 Å². The predicted molar refractivity (Wildman–Crippen MR) is 230 cm³/mol. The Bertz CT molecular complexity index is 3180. The van der Waals surface area contributed by atoms with Crippen LogP contribution in [-0.2, 0) is 0 Å². The second-order valence-electron chi connectivity index (χ2n) is 13.6. The highest BCUT2D eigenvalue weighted by molar-refractivity contribution is 6.24. The van der Waals surface area contributed by atoms with Gasteiger partial charge in [-0.05, 0) is 75.1 Å². The molecule has 0 N–H and O–H groups in total. The molecule has 0 aliphatic heterocycles. The van der Waals surface area contributed by atoms with Gasteiger partial charge in [-0.1, -0.05) is 159 Å². The Morgan fingerprint density at radius 3 is 1.76 bits per heavy atom. The molecule has 3 nitrogen and oxygen atoms in total. The van der Waals surface area contributed by atoms with Crippen molar-refractivity contribution in [2.45, 2.75) is 13.8 Å². The normalized spacial score (nSPS) is 11.5. The Kier molecular flexibility index (Phi) is 7.59. The van der Waals surface area contributed by atoms with Crippen LogP contribution in [0.25, 0.3) is 99.0 Å². The lowest BCUT2D eigenvalue weighted by molar-refractivity contribution is 1.11. The van der Waals surface area contributed by atoms with Crippen LogP contribution < -0.4 is 0 Å². The van der Waals surface area contributed by atoms with Gasteiger partial charge in [0.15, 0.2) is 0 Å². The Morgan fingerprint density at radius 2 is 0.944 bits per heavy atom. The van der Waals surface area contributed by atoms with Crippen molar-refractivity contribution in [3.63, 3.8) is 0 Å². The number of hydrogen-bond donors (Lipinski definition) is 0. The molecule has 0 amide bonds. The molecule has 256 valence electrons. The maximum atomic E-state index is 5.56. The van der Waals surface area contributed by atoms with Gasteiger partial charge in [0.05, 0.1) is 22.1 Å². The number of para-hydroxylation sites is 2. The van der Waals surface area contributed by atoms with Crippen LogP contribution in [-0.4, -0.2) is 14.1 Å². The van der Waals surface area contributed by atoms with E-state index in [9.17, 15) is 0 Å². The lowest BCUT2D eigenvalue weighted by Crippen LogP contribution is -1.99. The van der Waals surface area contributed by atoms with Gasteiger partial charge in [-0.15, -0.1) is 0 Å². The van der Waals surface area contributed by atoms with Crippen LogP contribution in [0.5, 0.6) is 0 Å². The van der Waals surface area contributed by atoms with Crippen molar-refractivity contribution in [2.24, 2.45) is 0 Å². The summed E-state index contributed by atoms with van der Waals surface area (Å²) in [5, 5.41) is 9.67. The zero-order chi connectivity index (χ0) is 36.2. The van der Waals surface area contributed by atoms with E-state index in [2.05, 4.69) is 197 Å². The van der Waals surface area contributed by atoms with Crippen LogP contribution in [0.1, 0.15) is 13.8 Å². The number of fused-ring (bicyclic) bond motifs is 10. The first-order valence-corrected chi connectivity index (χ1v) is 18.8. The average Bonchev–Trinajstić information content (AvgIpc) is 3.82. The molecule has 0 aliphatic rings. The van der Waals surface area contributed by atoms with E-state index in [1.165, 1.54) is 54.3 Å². The molecule has 0 spiro atoms. The molecule has 54 heavy (non-hydrogen) atoms. The Labute approximate surface area is 314 Å². The minimum absolute atomic E-state index is 0.937. The van der Waals surface area contributed by atoms with Gasteiger partial charge >= 0.3 is 0 Å². The fraction of sp³-hybridized carbons (Fsp3) is 0.0392. The predicted octanol–water partition coefficient (Wildman–Crippen LogP) is 13.9. The number of hydrogen-bond acceptors (Lipinski definition) is 1. The number of benzene rings is 9. The van der Waals surface area contributed by atoms with E-state index in [1.54, 1.807) is 0 Å². The zero-order valence-corrected chi connectivity index (χ0v) is 30.2. The maximum absolute atomic E-state index is 5.56. The molecular weight excluding hydrogens is 655 g/mol. The lowest BCUT2D eigenvalue weighted by atomic mass is 9.99. The van der Waals surface area contributed by atoms with Crippen LogP contribution in [0.15, 0.2) is 188 Å². The second-order valence-corrected chi connectivity index (χ2v) is 13.6. The van der Waals surface area contributed by atoms with E-state index in [0.717, 1.165) is 44.7 Å². The lowest BCUT2D eigenvalue weighted by Gasteiger charge is -2.15. The highest BCUT2D eigenvalue weighted by Crippen LogP contribution is 2.41. The second kappa shape index (κ2) is 12.9. The molecule has 0 saturated heterocycles. The Hall–Kier alpha value is -6.97. The SMILES string of the molecule is CC.c1ccc(-n2c3ccccc3c3cc(-c4cccc(-n5c(-c6cccc7ccccc67)nc6c7ccccc7c7ccccc7c65)c4)ccc32)cc1. The Morgan fingerprint density at radius 1 is 0.370 bits per heavy atom. The molecule has 0 radical (unpaired) electrons. The van der Waals surface area contributed by atoms with Crippen LogP contribution in [0.2, 0.25) is 0 Å². The molecule has 0 bridgehead atoms. The van der Waals surface area contributed by atoms with Crippen molar-refractivity contribution in [1.29, 1.82) is 0 Å². The van der Waals surface area contributed by atoms with E-state index >= 15 is 0 Å². The van der Waals surface area contributed by atoms with Crippen LogP contribution >= 0.6 is 0 Å². The molecule has 0 unspecified atom stereocenters. The molecule has 11 aromatic rings. The van der Waals surface area contributed by atoms with Gasteiger partial charge < -0.3 is 4.57 Å². The van der Waals surface area contributed by atoms with Gasteiger partial charge in [0, 0.05) is 38.5 Å². The van der Waals surface area contributed by atoms with Gasteiger partial charge in [-0.25, -0.2) is 4.98 Å². The van der Waals surface area contributed by atoms with Crippen molar-refractivity contribution in [3.8, 4) is 33.9 Å². The number of aromatic nitrogens is 3. The zero-order valence-electron chi connectivity index (χ0n) is 30.2. The molecule has 9 aromatic carbocycles. The molecule has 0 saturated carbocycles. The largest absolute Gasteiger partial charge is 0.309 e. The van der Waals surface area contributed by atoms with E-state index in [4.69, 9.17) is 4.98 Å². The molecule has 3 heteroatoms. The van der Waals surface area contributed by atoms with Crippen molar-refractivity contribution in [1.82, 2.24) is 14.1 Å². The van der Waals surface area contributed by atoms with Crippen molar-refractivity contribution in [2.75, 3.05) is 0 Å². The summed E-state index contributed by atoms with van der Waals surface area (Å²) >= 11 is 0. The fourth-order valence-corrected chi connectivity index (χ4v) is 8.39.